The lowest BCUT2D eigenvalue weighted by Crippen LogP contribution is -2.43. The van der Waals surface area contributed by atoms with Crippen LogP contribution in [0.5, 0.6) is 0 Å². The minimum absolute atomic E-state index is 0.0438. The van der Waals surface area contributed by atoms with Gasteiger partial charge in [0.15, 0.2) is 0 Å². The molecule has 0 aliphatic heterocycles. The van der Waals surface area contributed by atoms with Gasteiger partial charge in [0.2, 0.25) is 0 Å². The number of nitrogens with zero attached hydrogens (tertiary/aromatic N) is 2. The van der Waals surface area contributed by atoms with Crippen molar-refractivity contribution in [2.24, 2.45) is 0 Å². The van der Waals surface area contributed by atoms with Crippen molar-refractivity contribution < 1.29 is 4.79 Å². The van der Waals surface area contributed by atoms with Gasteiger partial charge in [0, 0.05) is 31.0 Å². The maximum absolute atomic E-state index is 12.2. The zero-order valence-corrected chi connectivity index (χ0v) is 10.8. The minimum atomic E-state index is 0.0438. The van der Waals surface area contributed by atoms with E-state index in [0.717, 1.165) is 18.8 Å². The normalized spacial score (nSPS) is 10.1. The zero-order valence-electron chi connectivity index (χ0n) is 10.8. The van der Waals surface area contributed by atoms with Gasteiger partial charge in [-0.15, -0.1) is 0 Å². The van der Waals surface area contributed by atoms with E-state index in [4.69, 9.17) is 5.73 Å². The quantitative estimate of drug-likeness (QED) is 0.815. The van der Waals surface area contributed by atoms with Crippen molar-refractivity contribution in [3.05, 3.63) is 24.3 Å². The van der Waals surface area contributed by atoms with E-state index in [1.807, 2.05) is 45.0 Å². The molecule has 1 aromatic rings. The van der Waals surface area contributed by atoms with Gasteiger partial charge in [-0.05, 0) is 45.0 Å². The molecular weight excluding hydrogens is 214 g/mol. The summed E-state index contributed by atoms with van der Waals surface area (Å²) < 4.78 is 0. The molecule has 2 N–H and O–H groups in total. The minimum Gasteiger partial charge on any atom is -0.399 e. The Morgan fingerprint density at radius 2 is 1.59 bits per heavy atom. The lowest BCUT2D eigenvalue weighted by Gasteiger charge is -2.28. The topological polar surface area (TPSA) is 49.6 Å². The molecule has 0 atom stereocenters. The second-order valence-corrected chi connectivity index (χ2v) is 3.79. The van der Waals surface area contributed by atoms with E-state index in [9.17, 15) is 4.79 Å². The number of rotatable bonds is 4. The highest BCUT2D eigenvalue weighted by atomic mass is 16.2. The lowest BCUT2D eigenvalue weighted by molar-refractivity contribution is 0.210. The van der Waals surface area contributed by atoms with Crippen LogP contribution in [0.1, 0.15) is 20.8 Å². The van der Waals surface area contributed by atoms with E-state index >= 15 is 0 Å². The molecule has 0 bridgehead atoms. The number of hydrogen-bond acceptors (Lipinski definition) is 2. The number of nitrogen functional groups attached to an aromatic ring is 1. The Morgan fingerprint density at radius 1 is 1.06 bits per heavy atom. The van der Waals surface area contributed by atoms with Crippen LogP contribution in [0.4, 0.5) is 16.2 Å². The predicted octanol–water partition coefficient (Wildman–Crippen LogP) is 2.56. The molecule has 0 aliphatic rings. The second kappa shape index (κ2) is 6.13. The standard InChI is InChI=1S/C13H21N3O/c1-4-15(5-2)13(17)16(6-3)12-9-7-11(14)8-10-12/h7-10H,4-6,14H2,1-3H3. The SMILES string of the molecule is CCN(CC)C(=O)N(CC)c1ccc(N)cc1. The van der Waals surface area contributed by atoms with Crippen molar-refractivity contribution in [3.63, 3.8) is 0 Å². The fraction of sp³-hybridized carbons (Fsp3) is 0.462. The van der Waals surface area contributed by atoms with Crippen molar-refractivity contribution in [1.82, 2.24) is 4.90 Å². The first-order valence-electron chi connectivity index (χ1n) is 6.05. The molecule has 0 heterocycles. The van der Waals surface area contributed by atoms with Crippen LogP contribution in [0, 0.1) is 0 Å². The average molecular weight is 235 g/mol. The Kier molecular flexibility index (Phi) is 4.82. The summed E-state index contributed by atoms with van der Waals surface area (Å²) in [7, 11) is 0. The second-order valence-electron chi connectivity index (χ2n) is 3.79. The average Bonchev–Trinajstić information content (AvgIpc) is 2.34. The first-order chi connectivity index (χ1) is 8.13. The van der Waals surface area contributed by atoms with Crippen LogP contribution in [0.25, 0.3) is 0 Å². The summed E-state index contributed by atoms with van der Waals surface area (Å²) in [6, 6.07) is 7.42. The first-order valence-corrected chi connectivity index (χ1v) is 6.05. The van der Waals surface area contributed by atoms with Gasteiger partial charge in [-0.1, -0.05) is 0 Å². The Hall–Kier alpha value is -1.71. The number of urea groups is 1. The van der Waals surface area contributed by atoms with Crippen LogP contribution in [-0.4, -0.2) is 30.6 Å². The third-order valence-corrected chi connectivity index (χ3v) is 2.79. The fourth-order valence-electron chi connectivity index (χ4n) is 1.75. The van der Waals surface area contributed by atoms with Crippen molar-refractivity contribution in [2.75, 3.05) is 30.3 Å². The molecule has 0 saturated heterocycles. The van der Waals surface area contributed by atoms with Crippen molar-refractivity contribution in [3.8, 4) is 0 Å². The summed E-state index contributed by atoms with van der Waals surface area (Å²) in [5.74, 6) is 0. The number of carbonyl (C=O) groups is 1. The van der Waals surface area contributed by atoms with Gasteiger partial charge in [-0.2, -0.15) is 0 Å². The lowest BCUT2D eigenvalue weighted by atomic mass is 10.2. The Bertz CT molecular complexity index is 357. The number of hydrogen-bond donors (Lipinski definition) is 1. The number of anilines is 2. The number of benzene rings is 1. The molecule has 94 valence electrons. The molecule has 0 aromatic heterocycles. The van der Waals surface area contributed by atoms with Crippen LogP contribution in [-0.2, 0) is 0 Å². The Morgan fingerprint density at radius 3 is 2.00 bits per heavy atom. The van der Waals surface area contributed by atoms with Gasteiger partial charge >= 0.3 is 6.03 Å². The van der Waals surface area contributed by atoms with Crippen molar-refractivity contribution in [2.45, 2.75) is 20.8 Å². The summed E-state index contributed by atoms with van der Waals surface area (Å²) >= 11 is 0. The monoisotopic (exact) mass is 235 g/mol. The predicted molar refractivity (Wildman–Crippen MR) is 72.2 cm³/mol. The molecule has 0 saturated carbocycles. The van der Waals surface area contributed by atoms with Crippen LogP contribution in [0.15, 0.2) is 24.3 Å². The maximum Gasteiger partial charge on any atom is 0.324 e. The van der Waals surface area contributed by atoms with Crippen LogP contribution in [0.2, 0.25) is 0 Å². The molecule has 1 aromatic carbocycles. The molecule has 0 radical (unpaired) electrons. The van der Waals surface area contributed by atoms with Gasteiger partial charge in [-0.25, -0.2) is 4.79 Å². The molecule has 0 spiro atoms. The Balaban J connectivity index is 2.91. The van der Waals surface area contributed by atoms with Gasteiger partial charge < -0.3 is 10.6 Å². The summed E-state index contributed by atoms with van der Waals surface area (Å²) in [5.41, 5.74) is 7.24. The van der Waals surface area contributed by atoms with E-state index in [1.165, 1.54) is 0 Å². The van der Waals surface area contributed by atoms with Gasteiger partial charge in [-0.3, -0.25) is 4.90 Å². The van der Waals surface area contributed by atoms with Crippen molar-refractivity contribution >= 4 is 17.4 Å². The number of amides is 2. The molecule has 0 unspecified atom stereocenters. The van der Waals surface area contributed by atoms with Gasteiger partial charge in [0.05, 0.1) is 0 Å². The first kappa shape index (κ1) is 13.4. The molecule has 4 heteroatoms. The van der Waals surface area contributed by atoms with E-state index < -0.39 is 0 Å². The Labute approximate surface area is 103 Å². The highest BCUT2D eigenvalue weighted by Gasteiger charge is 2.18. The fourth-order valence-corrected chi connectivity index (χ4v) is 1.75. The summed E-state index contributed by atoms with van der Waals surface area (Å²) in [6.45, 7) is 8.04. The summed E-state index contributed by atoms with van der Waals surface area (Å²) in [4.78, 5) is 15.8. The van der Waals surface area contributed by atoms with Crippen LogP contribution >= 0.6 is 0 Å². The third-order valence-electron chi connectivity index (χ3n) is 2.79. The molecule has 0 aliphatic carbocycles. The van der Waals surface area contributed by atoms with E-state index in [-0.39, 0.29) is 6.03 Å². The largest absolute Gasteiger partial charge is 0.399 e. The highest BCUT2D eigenvalue weighted by molar-refractivity contribution is 5.92. The molecular formula is C13H21N3O. The van der Waals surface area contributed by atoms with E-state index in [0.29, 0.717) is 12.2 Å². The van der Waals surface area contributed by atoms with Gasteiger partial charge in [0.25, 0.3) is 0 Å². The number of nitrogens with two attached hydrogens (primary N) is 1. The van der Waals surface area contributed by atoms with E-state index in [2.05, 4.69) is 0 Å². The molecule has 4 nitrogen and oxygen atoms in total. The molecule has 0 fully saturated rings. The molecule has 17 heavy (non-hydrogen) atoms. The molecule has 2 amide bonds. The number of carbonyl (C=O) groups excluding carboxylic acids is 1. The smallest absolute Gasteiger partial charge is 0.324 e. The van der Waals surface area contributed by atoms with Gasteiger partial charge in [0.1, 0.15) is 0 Å². The maximum atomic E-state index is 12.2. The summed E-state index contributed by atoms with van der Waals surface area (Å²) in [5, 5.41) is 0. The molecule has 1 rings (SSSR count). The van der Waals surface area contributed by atoms with Crippen molar-refractivity contribution in [1.29, 1.82) is 0 Å². The van der Waals surface area contributed by atoms with Crippen LogP contribution in [0.3, 0.4) is 0 Å². The highest BCUT2D eigenvalue weighted by Crippen LogP contribution is 2.17. The van der Waals surface area contributed by atoms with E-state index in [1.54, 1.807) is 9.80 Å². The van der Waals surface area contributed by atoms with Crippen LogP contribution < -0.4 is 10.6 Å². The summed E-state index contributed by atoms with van der Waals surface area (Å²) in [6.07, 6.45) is 0. The zero-order chi connectivity index (χ0) is 12.8. The third kappa shape index (κ3) is 3.12.